The summed E-state index contributed by atoms with van der Waals surface area (Å²) in [7, 11) is 0. The van der Waals surface area contributed by atoms with Gasteiger partial charge < -0.3 is 4.90 Å². The number of carbonyl (C=O) groups is 1. The zero-order valence-corrected chi connectivity index (χ0v) is 15.1. The van der Waals surface area contributed by atoms with E-state index in [9.17, 15) is 14.0 Å². The van der Waals surface area contributed by atoms with Crippen LogP contribution in [-0.2, 0) is 17.9 Å². The molecule has 0 bridgehead atoms. The van der Waals surface area contributed by atoms with Crippen molar-refractivity contribution in [2.45, 2.75) is 20.0 Å². The van der Waals surface area contributed by atoms with E-state index in [0.717, 1.165) is 0 Å². The highest BCUT2D eigenvalue weighted by Crippen LogP contribution is 2.12. The van der Waals surface area contributed by atoms with Crippen LogP contribution in [0.2, 0.25) is 0 Å². The third-order valence-corrected chi connectivity index (χ3v) is 4.37. The molecule has 0 unspecified atom stereocenters. The molecule has 2 aromatic carbocycles. The standard InChI is InChI=1S/C21H20FN3O2/c1-3-12-24(13-16-8-4-6-10-18(16)22)20(26)14-25-15(2)23-19-11-7-5-9-17(19)21(25)27/h3-11H,1,12-14H2,2H3. The molecule has 138 valence electrons. The molecule has 1 amide bonds. The van der Waals surface area contributed by atoms with E-state index in [-0.39, 0.29) is 36.9 Å². The Hall–Kier alpha value is -3.28. The van der Waals surface area contributed by atoms with E-state index in [1.54, 1.807) is 49.4 Å². The minimum atomic E-state index is -0.375. The molecule has 0 N–H and O–H groups in total. The first-order valence-electron chi connectivity index (χ1n) is 8.59. The fourth-order valence-corrected chi connectivity index (χ4v) is 2.94. The molecule has 3 rings (SSSR count). The molecule has 0 aliphatic carbocycles. The Morgan fingerprint density at radius 3 is 2.67 bits per heavy atom. The molecule has 5 nitrogen and oxygen atoms in total. The topological polar surface area (TPSA) is 55.2 Å². The van der Waals surface area contributed by atoms with E-state index in [0.29, 0.717) is 22.3 Å². The number of aryl methyl sites for hydroxylation is 1. The summed E-state index contributed by atoms with van der Waals surface area (Å²) in [5.41, 5.74) is 0.738. The average molecular weight is 365 g/mol. The van der Waals surface area contributed by atoms with Crippen molar-refractivity contribution in [1.82, 2.24) is 14.5 Å². The Bertz CT molecular complexity index is 1060. The molecule has 1 aromatic heterocycles. The van der Waals surface area contributed by atoms with E-state index in [1.807, 2.05) is 6.07 Å². The molecule has 6 heteroatoms. The summed E-state index contributed by atoms with van der Waals surface area (Å²) in [6, 6.07) is 13.3. The van der Waals surface area contributed by atoms with Gasteiger partial charge in [-0.25, -0.2) is 9.37 Å². The van der Waals surface area contributed by atoms with Gasteiger partial charge in [-0.2, -0.15) is 0 Å². The molecule has 3 aromatic rings. The number of carbonyl (C=O) groups excluding carboxylic acids is 1. The molecule has 1 heterocycles. The third kappa shape index (κ3) is 3.95. The Balaban J connectivity index is 1.90. The van der Waals surface area contributed by atoms with Crippen LogP contribution in [0.5, 0.6) is 0 Å². The van der Waals surface area contributed by atoms with Gasteiger partial charge in [-0.05, 0) is 25.1 Å². The van der Waals surface area contributed by atoms with Crippen LogP contribution < -0.4 is 5.56 Å². The minimum Gasteiger partial charge on any atom is -0.333 e. The van der Waals surface area contributed by atoms with Crippen LogP contribution in [0.25, 0.3) is 10.9 Å². The summed E-state index contributed by atoms with van der Waals surface area (Å²) in [6.07, 6.45) is 1.58. The molecule has 0 fully saturated rings. The largest absolute Gasteiger partial charge is 0.333 e. The van der Waals surface area contributed by atoms with E-state index in [2.05, 4.69) is 11.6 Å². The monoisotopic (exact) mass is 365 g/mol. The number of amides is 1. The molecule has 0 radical (unpaired) electrons. The lowest BCUT2D eigenvalue weighted by Gasteiger charge is -2.22. The lowest BCUT2D eigenvalue weighted by molar-refractivity contribution is -0.132. The Kier molecular flexibility index (Phi) is 5.45. The molecular weight excluding hydrogens is 345 g/mol. The van der Waals surface area contributed by atoms with Gasteiger partial charge in [-0.15, -0.1) is 6.58 Å². The fraction of sp³-hybridized carbons (Fsp3) is 0.190. The van der Waals surface area contributed by atoms with Gasteiger partial charge >= 0.3 is 0 Å². The molecule has 0 spiro atoms. The summed E-state index contributed by atoms with van der Waals surface area (Å²) >= 11 is 0. The van der Waals surface area contributed by atoms with Gasteiger partial charge in [0, 0.05) is 18.7 Å². The van der Waals surface area contributed by atoms with Crippen molar-refractivity contribution in [2.24, 2.45) is 0 Å². The smallest absolute Gasteiger partial charge is 0.261 e. The minimum absolute atomic E-state index is 0.104. The maximum Gasteiger partial charge on any atom is 0.261 e. The number of para-hydroxylation sites is 1. The zero-order valence-electron chi connectivity index (χ0n) is 15.1. The molecule has 0 aliphatic heterocycles. The van der Waals surface area contributed by atoms with Crippen molar-refractivity contribution in [3.05, 3.63) is 88.7 Å². The van der Waals surface area contributed by atoms with E-state index in [4.69, 9.17) is 0 Å². The Labute approximate surface area is 156 Å². The predicted molar refractivity (Wildman–Crippen MR) is 103 cm³/mol. The number of hydrogen-bond acceptors (Lipinski definition) is 3. The molecule has 0 atom stereocenters. The van der Waals surface area contributed by atoms with Gasteiger partial charge in [-0.1, -0.05) is 36.4 Å². The predicted octanol–water partition coefficient (Wildman–Crippen LogP) is 3.06. The first kappa shape index (κ1) is 18.5. The number of benzene rings is 2. The van der Waals surface area contributed by atoms with E-state index < -0.39 is 0 Å². The van der Waals surface area contributed by atoms with Gasteiger partial charge in [0.15, 0.2) is 0 Å². The van der Waals surface area contributed by atoms with Crippen LogP contribution >= 0.6 is 0 Å². The van der Waals surface area contributed by atoms with Crippen molar-refractivity contribution in [3.8, 4) is 0 Å². The first-order valence-corrected chi connectivity index (χ1v) is 8.59. The lowest BCUT2D eigenvalue weighted by atomic mass is 10.2. The summed E-state index contributed by atoms with van der Waals surface area (Å²) in [4.78, 5) is 31.4. The maximum absolute atomic E-state index is 14.0. The van der Waals surface area contributed by atoms with Crippen LogP contribution in [0, 0.1) is 12.7 Å². The van der Waals surface area contributed by atoms with Crippen LogP contribution in [0.15, 0.2) is 66.0 Å². The van der Waals surface area contributed by atoms with Crippen molar-refractivity contribution in [1.29, 1.82) is 0 Å². The normalized spacial score (nSPS) is 10.7. The van der Waals surface area contributed by atoms with E-state index in [1.165, 1.54) is 15.5 Å². The molecule has 0 saturated heterocycles. The number of fused-ring (bicyclic) bond motifs is 1. The zero-order chi connectivity index (χ0) is 19.4. The number of halogens is 1. The SMILES string of the molecule is C=CCN(Cc1ccccc1F)C(=O)Cn1c(C)nc2ccccc2c1=O. The van der Waals surface area contributed by atoms with Gasteiger partial charge in [0.1, 0.15) is 18.2 Å². The summed E-state index contributed by atoms with van der Waals surface area (Å²) in [5, 5.41) is 0.459. The molecule has 0 aliphatic rings. The van der Waals surface area contributed by atoms with Crippen molar-refractivity contribution in [2.75, 3.05) is 6.54 Å². The third-order valence-electron chi connectivity index (χ3n) is 4.37. The van der Waals surface area contributed by atoms with Crippen molar-refractivity contribution in [3.63, 3.8) is 0 Å². The van der Waals surface area contributed by atoms with Crippen LogP contribution in [0.4, 0.5) is 4.39 Å². The second-order valence-corrected chi connectivity index (χ2v) is 6.22. The second-order valence-electron chi connectivity index (χ2n) is 6.22. The van der Waals surface area contributed by atoms with Crippen LogP contribution in [0.3, 0.4) is 0 Å². The van der Waals surface area contributed by atoms with Crippen molar-refractivity contribution < 1.29 is 9.18 Å². The molecule has 0 saturated carbocycles. The summed E-state index contributed by atoms with van der Waals surface area (Å²) in [6.45, 7) is 5.55. The highest BCUT2D eigenvalue weighted by Gasteiger charge is 2.18. The van der Waals surface area contributed by atoms with Crippen LogP contribution in [-0.4, -0.2) is 26.9 Å². The highest BCUT2D eigenvalue weighted by molar-refractivity contribution is 5.79. The first-order chi connectivity index (χ1) is 13.0. The van der Waals surface area contributed by atoms with Gasteiger partial charge in [0.05, 0.1) is 10.9 Å². The van der Waals surface area contributed by atoms with Gasteiger partial charge in [0.2, 0.25) is 5.91 Å². The Morgan fingerprint density at radius 2 is 1.93 bits per heavy atom. The molecule has 27 heavy (non-hydrogen) atoms. The second kappa shape index (κ2) is 7.95. The highest BCUT2D eigenvalue weighted by atomic mass is 19.1. The molecular formula is C21H20FN3O2. The summed E-state index contributed by atoms with van der Waals surface area (Å²) < 4.78 is 15.3. The number of nitrogens with zero attached hydrogens (tertiary/aromatic N) is 3. The fourth-order valence-electron chi connectivity index (χ4n) is 2.94. The number of hydrogen-bond donors (Lipinski definition) is 0. The Morgan fingerprint density at radius 1 is 1.22 bits per heavy atom. The quantitative estimate of drug-likeness (QED) is 0.631. The number of rotatable bonds is 6. The lowest BCUT2D eigenvalue weighted by Crippen LogP contribution is -2.37. The maximum atomic E-state index is 14.0. The van der Waals surface area contributed by atoms with E-state index >= 15 is 0 Å². The average Bonchev–Trinajstić information content (AvgIpc) is 2.66. The van der Waals surface area contributed by atoms with Crippen LogP contribution in [0.1, 0.15) is 11.4 Å². The van der Waals surface area contributed by atoms with Gasteiger partial charge in [0.25, 0.3) is 5.56 Å². The van der Waals surface area contributed by atoms with Gasteiger partial charge in [-0.3, -0.25) is 14.2 Å². The number of aromatic nitrogens is 2. The summed E-state index contributed by atoms with van der Waals surface area (Å²) in [5.74, 6) is -0.225. The van der Waals surface area contributed by atoms with Crippen molar-refractivity contribution >= 4 is 16.8 Å².